The molecular weight excluding hydrogens is 378 g/mol. The quantitative estimate of drug-likeness (QED) is 0.765. The number of methoxy groups -OCH3 is 2. The Kier molecular flexibility index (Phi) is 5.57. The molecule has 1 spiro atoms. The number of nitrogens with one attached hydrogen (secondary N) is 1. The van der Waals surface area contributed by atoms with E-state index in [-0.39, 0.29) is 11.8 Å². The van der Waals surface area contributed by atoms with Crippen LogP contribution in [-0.4, -0.2) is 35.7 Å². The molecule has 1 aromatic rings. The lowest BCUT2D eigenvalue weighted by Crippen LogP contribution is -2.48. The summed E-state index contributed by atoms with van der Waals surface area (Å²) in [5, 5.41) is 3.19. The van der Waals surface area contributed by atoms with Crippen LogP contribution in [0.3, 0.4) is 0 Å². The molecule has 2 aliphatic carbocycles. The van der Waals surface area contributed by atoms with Crippen LogP contribution in [0.15, 0.2) is 12.1 Å². The van der Waals surface area contributed by atoms with Gasteiger partial charge in [-0.2, -0.15) is 0 Å². The maximum Gasteiger partial charge on any atom is 0.227 e. The van der Waals surface area contributed by atoms with E-state index in [0.717, 1.165) is 24.1 Å². The van der Waals surface area contributed by atoms with Gasteiger partial charge in [0.2, 0.25) is 5.91 Å². The second-order valence-electron chi connectivity index (χ2n) is 7.92. The number of ether oxygens (including phenoxy) is 2. The summed E-state index contributed by atoms with van der Waals surface area (Å²) in [7, 11) is 3.25. The molecule has 3 aliphatic rings. The van der Waals surface area contributed by atoms with Crippen molar-refractivity contribution in [2.24, 2.45) is 17.8 Å². The van der Waals surface area contributed by atoms with E-state index < -0.39 is 0 Å². The van der Waals surface area contributed by atoms with Crippen molar-refractivity contribution in [3.8, 4) is 11.5 Å². The van der Waals surface area contributed by atoms with Crippen LogP contribution >= 0.6 is 23.5 Å². The molecule has 4 nitrogen and oxygen atoms in total. The zero-order valence-electron chi connectivity index (χ0n) is 16.4. The highest BCUT2D eigenvalue weighted by Gasteiger charge is 2.55. The van der Waals surface area contributed by atoms with Gasteiger partial charge in [0.1, 0.15) is 0 Å². The predicted octanol–water partition coefficient (Wildman–Crippen LogP) is 4.95. The van der Waals surface area contributed by atoms with Crippen molar-refractivity contribution < 1.29 is 14.3 Å². The smallest absolute Gasteiger partial charge is 0.227 e. The third-order valence-corrected chi connectivity index (χ3v) is 10.5. The summed E-state index contributed by atoms with van der Waals surface area (Å²) in [6.07, 6.45) is 5.98. The second-order valence-corrected chi connectivity index (χ2v) is 10.9. The fourth-order valence-corrected chi connectivity index (χ4v) is 9.11. The number of benzene rings is 1. The summed E-state index contributed by atoms with van der Waals surface area (Å²) < 4.78 is 11.2. The average Bonchev–Trinajstić information content (AvgIpc) is 3.12. The van der Waals surface area contributed by atoms with Gasteiger partial charge in [-0.15, -0.1) is 23.5 Å². The van der Waals surface area contributed by atoms with E-state index in [9.17, 15) is 4.79 Å². The SMILES string of the molecule is COc1cc(C)c(NC(=O)C2C[C@H]3CCC[C@H](C2)C32SCCS2)cc1OC. The minimum Gasteiger partial charge on any atom is -0.493 e. The Bertz CT molecular complexity index is 702. The molecule has 27 heavy (non-hydrogen) atoms. The van der Waals surface area contributed by atoms with Gasteiger partial charge >= 0.3 is 0 Å². The molecule has 1 N–H and O–H groups in total. The minimum absolute atomic E-state index is 0.125. The summed E-state index contributed by atoms with van der Waals surface area (Å²) in [5.74, 6) is 5.56. The lowest BCUT2D eigenvalue weighted by Gasteiger charge is -2.52. The Morgan fingerprint density at radius 2 is 1.67 bits per heavy atom. The number of carbonyl (C=O) groups is 1. The molecule has 2 saturated carbocycles. The van der Waals surface area contributed by atoms with Crippen molar-refractivity contribution in [1.82, 2.24) is 0 Å². The second kappa shape index (κ2) is 7.78. The molecule has 1 heterocycles. The fourth-order valence-electron chi connectivity index (χ4n) is 5.17. The molecular formula is C21H29NO3S2. The Balaban J connectivity index is 1.50. The molecule has 148 valence electrons. The largest absolute Gasteiger partial charge is 0.493 e. The van der Waals surface area contributed by atoms with Gasteiger partial charge in [-0.05, 0) is 56.1 Å². The Morgan fingerprint density at radius 3 is 2.26 bits per heavy atom. The van der Waals surface area contributed by atoms with Gasteiger partial charge in [-0.3, -0.25) is 4.79 Å². The zero-order chi connectivity index (χ0) is 19.0. The van der Waals surface area contributed by atoms with E-state index in [1.807, 2.05) is 19.1 Å². The molecule has 1 aromatic carbocycles. The van der Waals surface area contributed by atoms with Crippen LogP contribution in [0.25, 0.3) is 0 Å². The normalized spacial score (nSPS) is 28.8. The van der Waals surface area contributed by atoms with Crippen molar-refractivity contribution >= 4 is 35.1 Å². The monoisotopic (exact) mass is 407 g/mol. The Hall–Kier alpha value is -1.01. The minimum atomic E-state index is 0.125. The van der Waals surface area contributed by atoms with Crippen LogP contribution in [0, 0.1) is 24.7 Å². The van der Waals surface area contributed by atoms with Gasteiger partial charge in [-0.25, -0.2) is 0 Å². The van der Waals surface area contributed by atoms with Crippen LogP contribution in [0.2, 0.25) is 0 Å². The lowest BCUT2D eigenvalue weighted by molar-refractivity contribution is -0.122. The zero-order valence-corrected chi connectivity index (χ0v) is 18.0. The molecule has 1 saturated heterocycles. The van der Waals surface area contributed by atoms with Gasteiger partial charge in [0.25, 0.3) is 0 Å². The molecule has 2 bridgehead atoms. The maximum atomic E-state index is 13.1. The summed E-state index contributed by atoms with van der Waals surface area (Å²) in [6.45, 7) is 1.99. The van der Waals surface area contributed by atoms with Gasteiger partial charge in [0, 0.05) is 29.2 Å². The number of rotatable bonds is 4. The Labute approximate surface area is 170 Å². The molecule has 0 radical (unpaired) electrons. The van der Waals surface area contributed by atoms with Crippen molar-refractivity contribution in [2.45, 2.75) is 43.1 Å². The number of amides is 1. The van der Waals surface area contributed by atoms with E-state index in [0.29, 0.717) is 27.4 Å². The summed E-state index contributed by atoms with van der Waals surface area (Å²) in [5.41, 5.74) is 1.82. The summed E-state index contributed by atoms with van der Waals surface area (Å²) in [4.78, 5) is 13.1. The van der Waals surface area contributed by atoms with E-state index in [1.54, 1.807) is 14.2 Å². The molecule has 1 aliphatic heterocycles. The van der Waals surface area contributed by atoms with Crippen LogP contribution in [0.5, 0.6) is 11.5 Å². The van der Waals surface area contributed by atoms with E-state index in [4.69, 9.17) is 9.47 Å². The number of thioether (sulfide) groups is 2. The van der Waals surface area contributed by atoms with Crippen molar-refractivity contribution in [1.29, 1.82) is 0 Å². The Morgan fingerprint density at radius 1 is 1.07 bits per heavy atom. The van der Waals surface area contributed by atoms with Crippen molar-refractivity contribution in [2.75, 3.05) is 31.0 Å². The third kappa shape index (κ3) is 3.44. The first-order valence-corrected chi connectivity index (χ1v) is 11.9. The highest BCUT2D eigenvalue weighted by Crippen LogP contribution is 2.64. The van der Waals surface area contributed by atoms with Gasteiger partial charge in [0.15, 0.2) is 11.5 Å². The molecule has 6 heteroatoms. The topological polar surface area (TPSA) is 47.6 Å². The summed E-state index contributed by atoms with van der Waals surface area (Å²) in [6, 6.07) is 3.80. The highest BCUT2D eigenvalue weighted by molar-refractivity contribution is 8.21. The first-order valence-electron chi connectivity index (χ1n) is 9.88. The highest BCUT2D eigenvalue weighted by atomic mass is 32.2. The standard InChI is InChI=1S/C21H29NO3S2/c1-13-9-18(24-2)19(25-3)12-17(13)22-20(23)14-10-15-5-4-6-16(11-14)21(15)26-7-8-27-21/h9,12,14-16H,4-8,10-11H2,1-3H3,(H,22,23)/t15-,16-/m1/s1. The predicted molar refractivity (Wildman–Crippen MR) is 114 cm³/mol. The van der Waals surface area contributed by atoms with E-state index >= 15 is 0 Å². The maximum absolute atomic E-state index is 13.1. The number of hydrogen-bond acceptors (Lipinski definition) is 5. The fraction of sp³-hybridized carbons (Fsp3) is 0.667. The number of aryl methyl sites for hydroxylation is 1. The van der Waals surface area contributed by atoms with Crippen LogP contribution in [0.4, 0.5) is 5.69 Å². The van der Waals surface area contributed by atoms with Crippen LogP contribution in [0.1, 0.15) is 37.7 Å². The van der Waals surface area contributed by atoms with Crippen molar-refractivity contribution in [3.63, 3.8) is 0 Å². The summed E-state index contributed by atoms with van der Waals surface area (Å²) >= 11 is 4.38. The number of carbonyl (C=O) groups excluding carboxylic acids is 1. The van der Waals surface area contributed by atoms with Gasteiger partial charge < -0.3 is 14.8 Å². The first-order chi connectivity index (χ1) is 13.1. The number of hydrogen-bond donors (Lipinski definition) is 1. The lowest BCUT2D eigenvalue weighted by atomic mass is 9.67. The van der Waals surface area contributed by atoms with Gasteiger partial charge in [-0.1, -0.05) is 6.42 Å². The van der Waals surface area contributed by atoms with Crippen molar-refractivity contribution in [3.05, 3.63) is 17.7 Å². The molecule has 1 amide bonds. The molecule has 0 unspecified atom stereocenters. The van der Waals surface area contributed by atoms with Crippen LogP contribution in [-0.2, 0) is 4.79 Å². The molecule has 3 fully saturated rings. The number of anilines is 1. The molecule has 4 rings (SSSR count). The third-order valence-electron chi connectivity index (χ3n) is 6.48. The molecule has 0 aromatic heterocycles. The van der Waals surface area contributed by atoms with E-state index in [2.05, 4.69) is 28.8 Å². The van der Waals surface area contributed by atoms with Gasteiger partial charge in [0.05, 0.1) is 18.3 Å². The van der Waals surface area contributed by atoms with Crippen LogP contribution < -0.4 is 14.8 Å². The van der Waals surface area contributed by atoms with E-state index in [1.165, 1.54) is 30.8 Å². The first kappa shape index (κ1) is 19.3. The molecule has 2 atom stereocenters. The average molecular weight is 408 g/mol.